The molecule has 0 saturated carbocycles. The average molecular weight is 296 g/mol. The summed E-state index contributed by atoms with van der Waals surface area (Å²) in [5, 5.41) is 3.19. The normalized spacial score (nSPS) is 16.1. The lowest BCUT2D eigenvalue weighted by atomic mass is 10.3. The molecule has 1 atom stereocenters. The van der Waals surface area contributed by atoms with Crippen molar-refractivity contribution in [1.29, 1.82) is 0 Å². The van der Waals surface area contributed by atoms with Gasteiger partial charge in [-0.25, -0.2) is 0 Å². The zero-order chi connectivity index (χ0) is 13.5. The van der Waals surface area contributed by atoms with E-state index in [1.807, 2.05) is 27.7 Å². The van der Waals surface area contributed by atoms with Gasteiger partial charge in [0, 0.05) is 11.8 Å². The van der Waals surface area contributed by atoms with Gasteiger partial charge in [0.1, 0.15) is 0 Å². The Balaban J connectivity index is 4.44. The van der Waals surface area contributed by atoms with E-state index in [1.165, 1.54) is 0 Å². The maximum Gasteiger partial charge on any atom is 0.211 e. The van der Waals surface area contributed by atoms with Crippen molar-refractivity contribution in [3.8, 4) is 0 Å². The number of hydrogen-bond donors (Lipinski definition) is 1. The highest BCUT2D eigenvalue weighted by Gasteiger charge is 2.19. The summed E-state index contributed by atoms with van der Waals surface area (Å²) < 4.78 is 5.86. The predicted molar refractivity (Wildman–Crippen MR) is 84.6 cm³/mol. The lowest BCUT2D eigenvalue weighted by molar-refractivity contribution is 0.274. The van der Waals surface area contributed by atoms with Crippen LogP contribution in [0.5, 0.6) is 0 Å². The fourth-order valence-corrected chi connectivity index (χ4v) is 6.08. The van der Waals surface area contributed by atoms with Gasteiger partial charge >= 0.3 is 0 Å². The van der Waals surface area contributed by atoms with E-state index >= 15 is 0 Å². The number of aliphatic imine (C=N–C) groups is 1. The molecule has 0 aliphatic carbocycles. The monoisotopic (exact) mass is 296 g/mol. The van der Waals surface area contributed by atoms with Crippen LogP contribution in [0.4, 0.5) is 0 Å². The summed E-state index contributed by atoms with van der Waals surface area (Å²) in [5.74, 6) is 1.62. The van der Waals surface area contributed by atoms with E-state index in [1.54, 1.807) is 17.7 Å². The van der Waals surface area contributed by atoms with Gasteiger partial charge in [-0.1, -0.05) is 25.2 Å². The fourth-order valence-electron chi connectivity index (χ4n) is 0.876. The van der Waals surface area contributed by atoms with Crippen LogP contribution in [0, 0.1) is 5.92 Å². The number of rotatable bonds is 8. The van der Waals surface area contributed by atoms with Crippen LogP contribution in [0.1, 0.15) is 41.5 Å². The second-order valence-corrected chi connectivity index (χ2v) is 11.5. The molecular formula is C11H25N2OPS2. The minimum atomic E-state index is -2.03. The minimum Gasteiger partial charge on any atom is -0.324 e. The lowest BCUT2D eigenvalue weighted by Crippen LogP contribution is -2.13. The van der Waals surface area contributed by atoms with Gasteiger partial charge in [0.05, 0.1) is 12.4 Å². The first-order valence-electron chi connectivity index (χ1n) is 5.97. The molecule has 0 spiro atoms. The summed E-state index contributed by atoms with van der Waals surface area (Å²) in [6.07, 6.45) is 1.85. The Morgan fingerprint density at radius 2 is 1.88 bits per heavy atom. The molecule has 0 radical (unpaired) electrons. The van der Waals surface area contributed by atoms with Gasteiger partial charge in [0.2, 0.25) is 5.62 Å². The van der Waals surface area contributed by atoms with E-state index < -0.39 is 5.62 Å². The summed E-state index contributed by atoms with van der Waals surface area (Å²) in [7, 11) is 0. The van der Waals surface area contributed by atoms with Crippen LogP contribution in [0.15, 0.2) is 4.99 Å². The average Bonchev–Trinajstić information content (AvgIpc) is 2.13. The van der Waals surface area contributed by atoms with Crippen molar-refractivity contribution in [2.24, 2.45) is 10.9 Å². The molecule has 17 heavy (non-hydrogen) atoms. The van der Waals surface area contributed by atoms with E-state index in [4.69, 9.17) is 16.3 Å². The van der Waals surface area contributed by atoms with Crippen molar-refractivity contribution in [3.63, 3.8) is 0 Å². The van der Waals surface area contributed by atoms with Gasteiger partial charge < -0.3 is 9.61 Å². The molecule has 0 fully saturated rings. The molecule has 1 N–H and O–H groups in total. The Kier molecular flexibility index (Phi) is 8.73. The molecule has 1 unspecified atom stereocenters. The van der Waals surface area contributed by atoms with Crippen LogP contribution in [0.3, 0.4) is 0 Å². The van der Waals surface area contributed by atoms with Crippen LogP contribution < -0.4 is 5.09 Å². The maximum absolute atomic E-state index is 5.86. The molecule has 0 heterocycles. The zero-order valence-electron chi connectivity index (χ0n) is 11.6. The minimum absolute atomic E-state index is 0.139. The highest BCUT2D eigenvalue weighted by Crippen LogP contribution is 2.57. The van der Waals surface area contributed by atoms with E-state index in [2.05, 4.69) is 23.9 Å². The Labute approximate surface area is 115 Å². The third kappa shape index (κ3) is 10.1. The summed E-state index contributed by atoms with van der Waals surface area (Å²) in [4.78, 5) is 4.28. The summed E-state index contributed by atoms with van der Waals surface area (Å²) in [6, 6.07) is 0.278. The molecular weight excluding hydrogens is 271 g/mol. The summed E-state index contributed by atoms with van der Waals surface area (Å²) >= 11 is 7.31. The van der Waals surface area contributed by atoms with Crippen LogP contribution in [0.2, 0.25) is 0 Å². The Morgan fingerprint density at radius 1 is 1.29 bits per heavy atom. The molecule has 0 rings (SSSR count). The SMILES string of the molecule is CC(C)CSP(=S)(NC=NC(C)C)OC(C)C. The maximum atomic E-state index is 5.86. The highest BCUT2D eigenvalue weighted by atomic mass is 32.9. The van der Waals surface area contributed by atoms with Crippen molar-refractivity contribution in [2.75, 3.05) is 5.75 Å². The van der Waals surface area contributed by atoms with Crippen LogP contribution in [-0.4, -0.2) is 24.2 Å². The molecule has 0 amide bonds. The third-order valence-electron chi connectivity index (χ3n) is 1.52. The quantitative estimate of drug-likeness (QED) is 0.416. The summed E-state index contributed by atoms with van der Waals surface area (Å²) in [5.41, 5.74) is -2.03. The number of nitrogens with one attached hydrogen (secondary N) is 1. The van der Waals surface area contributed by atoms with Crippen molar-refractivity contribution in [3.05, 3.63) is 0 Å². The molecule has 0 aromatic carbocycles. The molecule has 6 heteroatoms. The first-order chi connectivity index (χ1) is 7.75. The first kappa shape index (κ1) is 17.4. The highest BCUT2D eigenvalue weighted by molar-refractivity contribution is 8.68. The van der Waals surface area contributed by atoms with Crippen molar-refractivity contribution in [1.82, 2.24) is 5.09 Å². The Hall–Kier alpha value is 0.430. The van der Waals surface area contributed by atoms with Crippen molar-refractivity contribution in [2.45, 2.75) is 53.7 Å². The molecule has 102 valence electrons. The van der Waals surface area contributed by atoms with Gasteiger partial charge in [0.25, 0.3) is 0 Å². The smallest absolute Gasteiger partial charge is 0.211 e. The van der Waals surface area contributed by atoms with Crippen LogP contribution >= 0.6 is 17.0 Å². The predicted octanol–water partition coefficient (Wildman–Crippen LogP) is 4.05. The van der Waals surface area contributed by atoms with Gasteiger partial charge in [0.15, 0.2) is 0 Å². The Morgan fingerprint density at radius 3 is 2.29 bits per heavy atom. The summed E-state index contributed by atoms with van der Waals surface area (Å²) in [6.45, 7) is 12.5. The lowest BCUT2D eigenvalue weighted by Gasteiger charge is -2.24. The second-order valence-electron chi connectivity index (χ2n) is 4.84. The van der Waals surface area contributed by atoms with Gasteiger partial charge in [-0.05, 0) is 45.4 Å². The molecule has 0 saturated heterocycles. The second kappa shape index (κ2) is 8.52. The van der Waals surface area contributed by atoms with Gasteiger partial charge in [-0.2, -0.15) is 0 Å². The molecule has 0 aliphatic rings. The van der Waals surface area contributed by atoms with Crippen LogP contribution in [-0.2, 0) is 16.3 Å². The van der Waals surface area contributed by atoms with Crippen LogP contribution in [0.25, 0.3) is 0 Å². The third-order valence-corrected chi connectivity index (χ3v) is 7.37. The van der Waals surface area contributed by atoms with E-state index in [0.29, 0.717) is 5.92 Å². The first-order valence-corrected chi connectivity index (χ1v) is 10.3. The molecule has 0 aromatic heterocycles. The molecule has 0 aromatic rings. The van der Waals surface area contributed by atoms with Gasteiger partial charge in [-0.15, -0.1) is 0 Å². The van der Waals surface area contributed by atoms with Gasteiger partial charge in [-0.3, -0.25) is 4.99 Å². The van der Waals surface area contributed by atoms with E-state index in [9.17, 15) is 0 Å². The van der Waals surface area contributed by atoms with Crippen molar-refractivity contribution < 1.29 is 4.52 Å². The van der Waals surface area contributed by atoms with Crippen molar-refractivity contribution >= 4 is 35.1 Å². The number of hydrogen-bond acceptors (Lipinski definition) is 4. The van der Waals surface area contributed by atoms with E-state index in [-0.39, 0.29) is 12.1 Å². The number of nitrogens with zero attached hydrogens (tertiary/aromatic N) is 1. The molecule has 3 nitrogen and oxygen atoms in total. The van der Waals surface area contributed by atoms with E-state index in [0.717, 1.165) is 5.75 Å². The topological polar surface area (TPSA) is 33.6 Å². The zero-order valence-corrected chi connectivity index (χ0v) is 14.2. The molecule has 0 bridgehead atoms. The Bertz CT molecular complexity index is 281. The largest absolute Gasteiger partial charge is 0.324 e. The standard InChI is InChI=1S/C11H25N2OPS2/c1-9(2)7-17-15(16,14-11(5)6)13-8-12-10(3)4/h8-11H,7H2,1-6H3,(H,12,13,16). The molecule has 0 aliphatic heterocycles. The fraction of sp³-hybridized carbons (Fsp3) is 0.909.